The summed E-state index contributed by atoms with van der Waals surface area (Å²) in [5.41, 5.74) is 0.205. The first-order valence-electron chi connectivity index (χ1n) is 8.40. The number of ether oxygens (including phenoxy) is 1. The third-order valence-electron chi connectivity index (χ3n) is 4.14. The average Bonchev–Trinajstić information content (AvgIpc) is 3.02. The van der Waals surface area contributed by atoms with E-state index in [0.717, 1.165) is 0 Å². The number of hydrogen-bond acceptors (Lipinski definition) is 4. The lowest BCUT2D eigenvalue weighted by Crippen LogP contribution is -2.36. The molecule has 0 amide bonds. The van der Waals surface area contributed by atoms with Crippen molar-refractivity contribution in [3.63, 3.8) is 0 Å². The zero-order valence-corrected chi connectivity index (χ0v) is 16.5. The number of carbonyl (C=O) groups is 1. The summed E-state index contributed by atoms with van der Waals surface area (Å²) in [5, 5.41) is 4.08. The number of carbonyl (C=O) groups excluding carboxylic acids is 1. The van der Waals surface area contributed by atoms with Gasteiger partial charge in [0.05, 0.1) is 10.0 Å². The lowest BCUT2D eigenvalue weighted by atomic mass is 10.1. The maximum atomic E-state index is 13.5. The molecule has 0 fully saturated rings. The number of nitrogens with zero attached hydrogens (tertiary/aromatic N) is 1. The summed E-state index contributed by atoms with van der Waals surface area (Å²) in [4.78, 5) is 12.7. The molecule has 0 spiro atoms. The van der Waals surface area contributed by atoms with E-state index in [-0.39, 0.29) is 32.6 Å². The minimum absolute atomic E-state index is 0.0124. The number of alkyl halides is 3. The third-order valence-corrected chi connectivity index (χ3v) is 4.77. The molecule has 0 N–H and O–H groups in total. The highest BCUT2D eigenvalue weighted by molar-refractivity contribution is 6.39. The fourth-order valence-electron chi connectivity index (χ4n) is 2.75. The van der Waals surface area contributed by atoms with Gasteiger partial charge in [0.1, 0.15) is 17.0 Å². The third kappa shape index (κ3) is 4.74. The Hall–Kier alpha value is -2.51. The van der Waals surface area contributed by atoms with Crippen LogP contribution in [0.5, 0.6) is 0 Å². The molecule has 2 aromatic carbocycles. The van der Waals surface area contributed by atoms with Crippen LogP contribution in [-0.2, 0) is 11.2 Å². The second-order valence-electron chi connectivity index (χ2n) is 6.18. The Kier molecular flexibility index (Phi) is 6.19. The van der Waals surface area contributed by atoms with Crippen LogP contribution in [0.25, 0.3) is 11.3 Å². The van der Waals surface area contributed by atoms with Crippen LogP contribution in [0.3, 0.4) is 0 Å². The second-order valence-corrected chi connectivity index (χ2v) is 7.00. The van der Waals surface area contributed by atoms with Crippen molar-refractivity contribution in [1.82, 2.24) is 5.16 Å². The molecule has 1 heterocycles. The molecule has 1 unspecified atom stereocenters. The first kappa shape index (κ1) is 21.2. The smallest absolute Gasteiger partial charge is 0.425 e. The quantitative estimate of drug-likeness (QED) is 0.435. The highest BCUT2D eigenvalue weighted by atomic mass is 35.5. The summed E-state index contributed by atoms with van der Waals surface area (Å²) in [5.74, 6) is -1.24. The van der Waals surface area contributed by atoms with Gasteiger partial charge in [0.15, 0.2) is 0 Å². The Balaban J connectivity index is 1.95. The van der Waals surface area contributed by atoms with E-state index in [0.29, 0.717) is 5.56 Å². The molecule has 29 heavy (non-hydrogen) atoms. The zero-order valence-electron chi connectivity index (χ0n) is 15.0. The molecule has 3 aromatic rings. The molecule has 3 rings (SSSR count). The largest absolute Gasteiger partial charge is 0.449 e. The molecule has 152 valence electrons. The zero-order chi connectivity index (χ0) is 21.2. The van der Waals surface area contributed by atoms with Gasteiger partial charge in [-0.25, -0.2) is 4.79 Å². The fourth-order valence-corrected chi connectivity index (χ4v) is 3.32. The van der Waals surface area contributed by atoms with Crippen molar-refractivity contribution in [2.45, 2.75) is 25.6 Å². The highest BCUT2D eigenvalue weighted by Crippen LogP contribution is 2.37. The molecule has 9 heteroatoms. The van der Waals surface area contributed by atoms with Crippen molar-refractivity contribution in [2.75, 3.05) is 0 Å². The number of halogens is 5. The molecule has 0 aliphatic rings. The topological polar surface area (TPSA) is 52.3 Å². The van der Waals surface area contributed by atoms with Gasteiger partial charge in [0, 0.05) is 12.0 Å². The Morgan fingerprint density at radius 1 is 1.10 bits per heavy atom. The molecule has 0 saturated heterocycles. The van der Waals surface area contributed by atoms with Crippen molar-refractivity contribution in [1.29, 1.82) is 0 Å². The van der Waals surface area contributed by atoms with Crippen molar-refractivity contribution >= 4 is 29.2 Å². The van der Waals surface area contributed by atoms with Gasteiger partial charge in [0.2, 0.25) is 6.10 Å². The summed E-state index contributed by atoms with van der Waals surface area (Å²) < 4.78 is 50.4. The van der Waals surface area contributed by atoms with E-state index >= 15 is 0 Å². The Morgan fingerprint density at radius 3 is 2.31 bits per heavy atom. The van der Waals surface area contributed by atoms with Gasteiger partial charge < -0.3 is 9.26 Å². The molecular weight excluding hydrogens is 430 g/mol. The van der Waals surface area contributed by atoms with Crippen LogP contribution >= 0.6 is 23.2 Å². The van der Waals surface area contributed by atoms with Gasteiger partial charge in [0.25, 0.3) is 0 Å². The molecule has 1 aromatic heterocycles. The molecule has 1 atom stereocenters. The molecule has 0 radical (unpaired) electrons. The number of aromatic nitrogens is 1. The van der Waals surface area contributed by atoms with Gasteiger partial charge in [-0.1, -0.05) is 64.8 Å². The number of aryl methyl sites for hydroxylation is 1. The van der Waals surface area contributed by atoms with Gasteiger partial charge in [-0.2, -0.15) is 13.2 Å². The predicted octanol–water partition coefficient (Wildman–Crippen LogP) is 6.29. The minimum atomic E-state index is -4.77. The second kappa shape index (κ2) is 8.47. The van der Waals surface area contributed by atoms with Gasteiger partial charge in [-0.05, 0) is 24.6 Å². The molecule has 0 aliphatic heterocycles. The van der Waals surface area contributed by atoms with Crippen LogP contribution in [0, 0.1) is 6.92 Å². The van der Waals surface area contributed by atoms with Crippen LogP contribution in [0.4, 0.5) is 13.2 Å². The minimum Gasteiger partial charge on any atom is -0.449 e. The Bertz CT molecular complexity index is 999. The van der Waals surface area contributed by atoms with Gasteiger partial charge in [-0.15, -0.1) is 0 Å². The summed E-state index contributed by atoms with van der Waals surface area (Å²) >= 11 is 12.3. The molecule has 0 saturated carbocycles. The van der Waals surface area contributed by atoms with Crippen LogP contribution < -0.4 is 0 Å². The number of esters is 1. The van der Waals surface area contributed by atoms with Crippen LogP contribution in [-0.4, -0.2) is 23.4 Å². The number of hydrogen-bond donors (Lipinski definition) is 0. The lowest BCUT2D eigenvalue weighted by molar-refractivity contribution is -0.203. The summed E-state index contributed by atoms with van der Waals surface area (Å²) in [6, 6.07) is 12.5. The van der Waals surface area contributed by atoms with Crippen LogP contribution in [0.2, 0.25) is 10.0 Å². The standard InChI is InChI=1S/C20H14Cl2F3NO3/c1-11-16(18(26-29-11)17-13(21)8-5-9-14(17)22)19(27)28-15(20(23,24)25)10-12-6-3-2-4-7-12/h2-9,15H,10H2,1H3. The van der Waals surface area contributed by atoms with Gasteiger partial charge in [-0.3, -0.25) is 0 Å². The molecule has 4 nitrogen and oxygen atoms in total. The van der Waals surface area contributed by atoms with E-state index in [1.165, 1.54) is 31.2 Å². The SMILES string of the molecule is Cc1onc(-c2c(Cl)cccc2Cl)c1C(=O)OC(Cc1ccccc1)C(F)(F)F. The monoisotopic (exact) mass is 443 g/mol. The Labute approximate surface area is 174 Å². The molecular formula is C20H14Cl2F3NO3. The van der Waals surface area contributed by atoms with Gasteiger partial charge >= 0.3 is 12.1 Å². The fraction of sp³-hybridized carbons (Fsp3) is 0.200. The molecule has 0 aliphatic carbocycles. The maximum Gasteiger partial charge on any atom is 0.425 e. The first-order valence-corrected chi connectivity index (χ1v) is 9.16. The van der Waals surface area contributed by atoms with Crippen molar-refractivity contribution in [3.8, 4) is 11.3 Å². The van der Waals surface area contributed by atoms with Crippen LogP contribution in [0.15, 0.2) is 53.1 Å². The number of rotatable bonds is 5. The van der Waals surface area contributed by atoms with Crippen molar-refractivity contribution in [3.05, 3.63) is 75.5 Å². The average molecular weight is 444 g/mol. The van der Waals surface area contributed by atoms with E-state index in [1.54, 1.807) is 24.3 Å². The normalized spacial score (nSPS) is 12.6. The highest BCUT2D eigenvalue weighted by Gasteiger charge is 2.43. The lowest BCUT2D eigenvalue weighted by Gasteiger charge is -2.21. The summed E-state index contributed by atoms with van der Waals surface area (Å²) in [7, 11) is 0. The number of benzene rings is 2. The first-order chi connectivity index (χ1) is 13.7. The van der Waals surface area contributed by atoms with E-state index in [9.17, 15) is 18.0 Å². The maximum absolute atomic E-state index is 13.5. The summed E-state index contributed by atoms with van der Waals surface area (Å²) in [6.07, 6.45) is -7.64. The Morgan fingerprint density at radius 2 is 1.72 bits per heavy atom. The van der Waals surface area contributed by atoms with E-state index in [4.69, 9.17) is 32.5 Å². The summed E-state index contributed by atoms with van der Waals surface area (Å²) in [6.45, 7) is 1.39. The predicted molar refractivity (Wildman–Crippen MR) is 102 cm³/mol. The van der Waals surface area contributed by atoms with E-state index < -0.39 is 24.7 Å². The van der Waals surface area contributed by atoms with Crippen LogP contribution in [0.1, 0.15) is 21.7 Å². The van der Waals surface area contributed by atoms with E-state index in [2.05, 4.69) is 5.16 Å². The molecule has 0 bridgehead atoms. The van der Waals surface area contributed by atoms with E-state index in [1.807, 2.05) is 0 Å². The van der Waals surface area contributed by atoms with Crippen molar-refractivity contribution in [2.24, 2.45) is 0 Å². The van der Waals surface area contributed by atoms with Crippen molar-refractivity contribution < 1.29 is 27.2 Å².